The summed E-state index contributed by atoms with van der Waals surface area (Å²) in [6.45, 7) is 15.4. The van der Waals surface area contributed by atoms with Gasteiger partial charge in [0.2, 0.25) is 11.7 Å². The van der Waals surface area contributed by atoms with Crippen molar-refractivity contribution in [2.24, 2.45) is 39.9 Å². The molecule has 1 amide bonds. The number of terminal acetylenes is 2. The maximum Gasteiger partial charge on any atom is 0.227 e. The first-order valence-corrected chi connectivity index (χ1v) is 20.2. The third-order valence-corrected chi connectivity index (χ3v) is 14.8. The van der Waals surface area contributed by atoms with Gasteiger partial charge in [0.05, 0.1) is 16.5 Å². The van der Waals surface area contributed by atoms with Crippen molar-refractivity contribution >= 4 is 38.9 Å². The number of carbonyl (C=O) groups is 5. The molecule has 0 aromatic rings. The van der Waals surface area contributed by atoms with Crippen molar-refractivity contribution in [2.75, 3.05) is 12.3 Å². The third-order valence-electron chi connectivity index (χ3n) is 12.0. The molecule has 2 unspecified atom stereocenters. The van der Waals surface area contributed by atoms with Crippen LogP contribution in [0.5, 0.6) is 0 Å². The second-order valence-electron chi connectivity index (χ2n) is 18.1. The second kappa shape index (κ2) is 15.9. The van der Waals surface area contributed by atoms with Gasteiger partial charge in [-0.25, -0.2) is 8.42 Å². The van der Waals surface area contributed by atoms with Gasteiger partial charge in [0.25, 0.3) is 0 Å². The van der Waals surface area contributed by atoms with Gasteiger partial charge in [0.1, 0.15) is 5.78 Å². The van der Waals surface area contributed by atoms with E-state index in [0.29, 0.717) is 32.2 Å². The smallest absolute Gasteiger partial charge is 0.227 e. The topological polar surface area (TPSA) is 123 Å². The van der Waals surface area contributed by atoms with Crippen molar-refractivity contribution in [3.63, 3.8) is 0 Å². The van der Waals surface area contributed by atoms with E-state index in [0.717, 1.165) is 19.3 Å². The van der Waals surface area contributed by atoms with Crippen LogP contribution in [0.3, 0.4) is 0 Å². The number of ketones is 4. The Balaban J connectivity index is 1.86. The number of hydrogen-bond donors (Lipinski definition) is 0. The van der Waals surface area contributed by atoms with Crippen LogP contribution in [-0.2, 0) is 33.8 Å². The number of nitrogens with zero attached hydrogens (tertiary/aromatic N) is 1. The van der Waals surface area contributed by atoms with E-state index in [-0.39, 0.29) is 79.0 Å². The van der Waals surface area contributed by atoms with Crippen molar-refractivity contribution < 1.29 is 32.4 Å². The number of piperidine rings is 1. The van der Waals surface area contributed by atoms with E-state index in [1.165, 1.54) is 0 Å². The molecule has 8 nitrogen and oxygen atoms in total. The zero-order chi connectivity index (χ0) is 37.9. The highest BCUT2D eigenvalue weighted by Gasteiger charge is 2.69. The minimum Gasteiger partial charge on any atom is -0.332 e. The minimum atomic E-state index is -3.48. The van der Waals surface area contributed by atoms with Crippen molar-refractivity contribution in [3.05, 3.63) is 0 Å². The summed E-state index contributed by atoms with van der Waals surface area (Å²) in [6, 6.07) is -0.762. The quantitative estimate of drug-likeness (QED) is 0.0950. The van der Waals surface area contributed by atoms with Gasteiger partial charge in [-0.1, -0.05) is 53.9 Å². The van der Waals surface area contributed by atoms with Gasteiger partial charge < -0.3 is 4.90 Å². The fourth-order valence-corrected chi connectivity index (χ4v) is 10.1. The molecule has 1 aliphatic heterocycles. The van der Waals surface area contributed by atoms with Crippen LogP contribution < -0.4 is 0 Å². The van der Waals surface area contributed by atoms with Crippen LogP contribution in [0.25, 0.3) is 0 Å². The minimum absolute atomic E-state index is 0.0141. The summed E-state index contributed by atoms with van der Waals surface area (Å²) in [5.41, 5.74) is -1.43. The Kier molecular flexibility index (Phi) is 13.2. The summed E-state index contributed by atoms with van der Waals surface area (Å²) in [5, 5.41) is 0. The van der Waals surface area contributed by atoms with Gasteiger partial charge in [0, 0.05) is 56.9 Å². The SMILES string of the molecule is C#CCCCC(=O)C(=O)C(CCC#C)CC(=O)[C@@H]1[C@@H]2C(CN1C(=O)[C@@H](CC(=O)CC1(CS(=O)(=O)C(C)(C)C)CCCCC1)C(C)(C)C)C2(C)C. The van der Waals surface area contributed by atoms with Gasteiger partial charge in [-0.3, -0.25) is 24.0 Å². The Hall–Kier alpha value is -2.78. The molecule has 9 heteroatoms. The van der Waals surface area contributed by atoms with Crippen molar-refractivity contribution in [2.45, 2.75) is 150 Å². The lowest BCUT2D eigenvalue weighted by Crippen LogP contribution is -2.51. The number of Topliss-reactive ketones (excluding diaryl/α,β-unsaturated/α-hetero) is 4. The van der Waals surface area contributed by atoms with E-state index >= 15 is 0 Å². The van der Waals surface area contributed by atoms with E-state index in [4.69, 9.17) is 12.8 Å². The third kappa shape index (κ3) is 9.55. The van der Waals surface area contributed by atoms with Crippen molar-refractivity contribution in [1.29, 1.82) is 0 Å². The van der Waals surface area contributed by atoms with E-state index in [2.05, 4.69) is 25.7 Å². The number of fused-ring (bicyclic) bond motifs is 1. The molecule has 0 radical (unpaired) electrons. The van der Waals surface area contributed by atoms with Crippen LogP contribution in [0.1, 0.15) is 139 Å². The highest BCUT2D eigenvalue weighted by atomic mass is 32.2. The summed E-state index contributed by atoms with van der Waals surface area (Å²) < 4.78 is 25.8. The fourth-order valence-electron chi connectivity index (χ4n) is 8.51. The molecule has 0 spiro atoms. The molecule has 0 aromatic heterocycles. The molecule has 3 rings (SSSR count). The van der Waals surface area contributed by atoms with Gasteiger partial charge in [-0.15, -0.1) is 24.7 Å². The van der Waals surface area contributed by atoms with Gasteiger partial charge in [-0.05, 0) is 74.5 Å². The number of sulfone groups is 1. The zero-order valence-electron chi connectivity index (χ0n) is 31.9. The summed E-state index contributed by atoms with van der Waals surface area (Å²) in [5.74, 6) is 1.56. The molecular formula is C41H61NO7S. The Labute approximate surface area is 302 Å². The predicted molar refractivity (Wildman–Crippen MR) is 196 cm³/mol. The molecule has 2 aliphatic carbocycles. The first-order chi connectivity index (χ1) is 23.0. The van der Waals surface area contributed by atoms with Crippen LogP contribution in [0, 0.1) is 64.6 Å². The standard InChI is InChI=1S/C41H61NO7S/c1-11-13-16-20-32(44)36(46)28(19-14-12-2)23-33(45)35-34-31(40(34,9)10)26-42(35)37(47)30(38(3,4)5)24-29(43)25-41(21-17-15-18-22-41)27-50(48,49)39(6,7)8/h1-2,28,30-31,34-35H,13-27H2,3-10H3/t28?,30-,31?,34+,35-/m1/s1. The van der Waals surface area contributed by atoms with Crippen LogP contribution in [0.4, 0.5) is 0 Å². The summed E-state index contributed by atoms with van der Waals surface area (Å²) in [7, 11) is -3.48. The highest BCUT2D eigenvalue weighted by Crippen LogP contribution is 2.65. The van der Waals surface area contributed by atoms with Gasteiger partial charge >= 0.3 is 0 Å². The summed E-state index contributed by atoms with van der Waals surface area (Å²) in [6.07, 6.45) is 16.0. The average Bonchev–Trinajstić information content (AvgIpc) is 3.31. The van der Waals surface area contributed by atoms with Crippen LogP contribution in [-0.4, -0.2) is 65.4 Å². The molecule has 3 fully saturated rings. The molecule has 0 N–H and O–H groups in total. The van der Waals surface area contributed by atoms with Gasteiger partial charge in [0.15, 0.2) is 21.4 Å². The van der Waals surface area contributed by atoms with E-state index in [9.17, 15) is 32.4 Å². The van der Waals surface area contributed by atoms with Crippen molar-refractivity contribution in [3.8, 4) is 24.7 Å². The average molecular weight is 712 g/mol. The molecule has 5 atom stereocenters. The molecule has 278 valence electrons. The number of likely N-dealkylation sites (tertiary alicyclic amines) is 1. The molecule has 2 saturated carbocycles. The van der Waals surface area contributed by atoms with Crippen molar-refractivity contribution in [1.82, 2.24) is 4.90 Å². The van der Waals surface area contributed by atoms with Gasteiger partial charge in [-0.2, -0.15) is 0 Å². The number of amides is 1. The second-order valence-corrected chi connectivity index (χ2v) is 20.9. The lowest BCUT2D eigenvalue weighted by atomic mass is 9.70. The maximum absolute atomic E-state index is 14.6. The Morgan fingerprint density at radius 2 is 1.50 bits per heavy atom. The molecule has 3 aliphatic rings. The Morgan fingerprint density at radius 1 is 0.900 bits per heavy atom. The maximum atomic E-state index is 14.6. The molecule has 0 aromatic carbocycles. The number of carbonyl (C=O) groups excluding carboxylic acids is 5. The highest BCUT2D eigenvalue weighted by molar-refractivity contribution is 7.92. The molecule has 0 bridgehead atoms. The largest absolute Gasteiger partial charge is 0.332 e. The fraction of sp³-hybridized carbons (Fsp3) is 0.780. The Morgan fingerprint density at radius 3 is 2.04 bits per heavy atom. The van der Waals surface area contributed by atoms with E-state index in [1.54, 1.807) is 25.7 Å². The zero-order valence-corrected chi connectivity index (χ0v) is 32.7. The first kappa shape index (κ1) is 41.6. The predicted octanol–water partition coefficient (Wildman–Crippen LogP) is 6.58. The normalized spacial score (nSPS) is 23.9. The molecular weight excluding hydrogens is 651 g/mol. The number of unbranched alkanes of at least 4 members (excludes halogenated alkanes) is 1. The van der Waals surface area contributed by atoms with Crippen LogP contribution in [0.2, 0.25) is 0 Å². The Bertz CT molecular complexity index is 1500. The van der Waals surface area contributed by atoms with E-state index < -0.39 is 54.9 Å². The van der Waals surface area contributed by atoms with Crippen LogP contribution in [0.15, 0.2) is 0 Å². The number of hydrogen-bond acceptors (Lipinski definition) is 7. The lowest BCUT2D eigenvalue weighted by Gasteiger charge is -2.40. The molecule has 1 heterocycles. The summed E-state index contributed by atoms with van der Waals surface area (Å²) in [4.78, 5) is 70.4. The summed E-state index contributed by atoms with van der Waals surface area (Å²) >= 11 is 0. The first-order valence-electron chi connectivity index (χ1n) is 18.5. The molecule has 1 saturated heterocycles. The lowest BCUT2D eigenvalue weighted by molar-refractivity contribution is -0.148. The monoisotopic (exact) mass is 711 g/mol. The van der Waals surface area contributed by atoms with E-state index in [1.807, 2.05) is 20.8 Å². The van der Waals surface area contributed by atoms with Crippen LogP contribution >= 0.6 is 0 Å². The number of rotatable bonds is 17. The molecule has 50 heavy (non-hydrogen) atoms.